The largest absolute Gasteiger partial charge is 0.481 e. The fourth-order valence-corrected chi connectivity index (χ4v) is 1.91. The lowest BCUT2D eigenvalue weighted by molar-refractivity contribution is -0.0498. The van der Waals surface area contributed by atoms with Gasteiger partial charge in [0.15, 0.2) is 0 Å². The van der Waals surface area contributed by atoms with E-state index in [0.717, 1.165) is 5.56 Å². The van der Waals surface area contributed by atoms with Gasteiger partial charge in [0, 0.05) is 12.6 Å². The second-order valence-corrected chi connectivity index (χ2v) is 4.74. The molecule has 1 aromatic heterocycles. The van der Waals surface area contributed by atoms with Crippen molar-refractivity contribution < 1.29 is 23.0 Å². The van der Waals surface area contributed by atoms with Crippen molar-refractivity contribution in [2.24, 2.45) is 0 Å². The summed E-state index contributed by atoms with van der Waals surface area (Å²) < 4.78 is 33.3. The van der Waals surface area contributed by atoms with E-state index in [4.69, 9.17) is 4.74 Å². The quantitative estimate of drug-likeness (QED) is 0.814. The van der Waals surface area contributed by atoms with Crippen molar-refractivity contribution in [3.63, 3.8) is 0 Å². The number of rotatable bonds is 7. The number of benzene rings is 1. The maximum absolute atomic E-state index is 12.0. The smallest absolute Gasteiger partial charge is 0.387 e. The molecular formula is C16H17F2N3O3. The van der Waals surface area contributed by atoms with E-state index < -0.39 is 6.61 Å². The van der Waals surface area contributed by atoms with Crippen molar-refractivity contribution in [3.8, 4) is 11.6 Å². The molecule has 1 heterocycles. The predicted molar refractivity (Wildman–Crippen MR) is 84.6 cm³/mol. The third-order valence-corrected chi connectivity index (χ3v) is 3.05. The Hall–Kier alpha value is -2.90. The average Bonchev–Trinajstić information content (AvgIpc) is 2.57. The molecule has 6 nitrogen and oxygen atoms in total. The summed E-state index contributed by atoms with van der Waals surface area (Å²) in [6.07, 6.45) is 2.05. The van der Waals surface area contributed by atoms with Crippen molar-refractivity contribution in [2.75, 3.05) is 19.0 Å². The Morgan fingerprint density at radius 3 is 2.54 bits per heavy atom. The molecule has 0 fully saturated rings. The number of hydrogen-bond acceptors (Lipinski definition) is 4. The lowest BCUT2D eigenvalue weighted by Gasteiger charge is -2.08. The predicted octanol–water partition coefficient (Wildman–Crippen LogP) is 3.06. The van der Waals surface area contributed by atoms with Gasteiger partial charge in [-0.25, -0.2) is 9.78 Å². The summed E-state index contributed by atoms with van der Waals surface area (Å²) in [6, 6.07) is 9.22. The van der Waals surface area contributed by atoms with Gasteiger partial charge in [0.25, 0.3) is 0 Å². The molecule has 8 heteroatoms. The number of alkyl halides is 2. The molecular weight excluding hydrogens is 320 g/mol. The van der Waals surface area contributed by atoms with Gasteiger partial charge in [0.2, 0.25) is 5.88 Å². The zero-order chi connectivity index (χ0) is 17.4. The molecule has 0 unspecified atom stereocenters. The van der Waals surface area contributed by atoms with E-state index in [1.165, 1.54) is 25.4 Å². The van der Waals surface area contributed by atoms with Gasteiger partial charge < -0.3 is 20.1 Å². The number of halogens is 2. The minimum absolute atomic E-state index is 0.103. The third-order valence-electron chi connectivity index (χ3n) is 3.05. The molecule has 2 N–H and O–H groups in total. The van der Waals surface area contributed by atoms with Crippen LogP contribution >= 0.6 is 0 Å². The monoisotopic (exact) mass is 337 g/mol. The third kappa shape index (κ3) is 5.71. The summed E-state index contributed by atoms with van der Waals surface area (Å²) in [6.45, 7) is -2.45. The van der Waals surface area contributed by atoms with Gasteiger partial charge in [-0.2, -0.15) is 8.78 Å². The molecule has 0 aliphatic carbocycles. The van der Waals surface area contributed by atoms with Crippen LogP contribution in [0.3, 0.4) is 0 Å². The SMILES string of the molecule is COc1ccc(NC(=O)NCCc2ccc(OC(F)F)cc2)cn1. The van der Waals surface area contributed by atoms with Crippen molar-refractivity contribution in [1.29, 1.82) is 0 Å². The van der Waals surface area contributed by atoms with Gasteiger partial charge in [0.1, 0.15) is 5.75 Å². The summed E-state index contributed by atoms with van der Waals surface area (Å²) in [5.74, 6) is 0.562. The number of urea groups is 1. The van der Waals surface area contributed by atoms with Gasteiger partial charge in [-0.1, -0.05) is 12.1 Å². The minimum Gasteiger partial charge on any atom is -0.481 e. The van der Waals surface area contributed by atoms with Gasteiger partial charge >= 0.3 is 12.6 Å². The first-order valence-electron chi connectivity index (χ1n) is 7.15. The van der Waals surface area contributed by atoms with Crippen LogP contribution in [0, 0.1) is 0 Å². The molecule has 0 aliphatic rings. The number of hydrogen-bond donors (Lipinski definition) is 2. The Balaban J connectivity index is 1.73. The molecule has 0 spiro atoms. The highest BCUT2D eigenvalue weighted by Crippen LogP contribution is 2.15. The molecule has 2 amide bonds. The van der Waals surface area contributed by atoms with Crippen LogP contribution in [-0.2, 0) is 6.42 Å². The van der Waals surface area contributed by atoms with Crippen molar-refractivity contribution in [3.05, 3.63) is 48.2 Å². The number of nitrogens with zero attached hydrogens (tertiary/aromatic N) is 1. The fourth-order valence-electron chi connectivity index (χ4n) is 1.91. The number of methoxy groups -OCH3 is 1. The average molecular weight is 337 g/mol. The molecule has 2 aromatic rings. The first kappa shape index (κ1) is 17.5. The molecule has 24 heavy (non-hydrogen) atoms. The molecule has 0 radical (unpaired) electrons. The first-order chi connectivity index (χ1) is 11.6. The lowest BCUT2D eigenvalue weighted by Crippen LogP contribution is -2.30. The molecule has 0 bridgehead atoms. The van der Waals surface area contributed by atoms with Crippen molar-refractivity contribution in [2.45, 2.75) is 13.0 Å². The number of nitrogens with one attached hydrogen (secondary N) is 2. The Morgan fingerprint density at radius 1 is 1.21 bits per heavy atom. The van der Waals surface area contributed by atoms with Gasteiger partial charge in [-0.05, 0) is 30.2 Å². The molecule has 0 saturated heterocycles. The maximum Gasteiger partial charge on any atom is 0.387 e. The highest BCUT2D eigenvalue weighted by Gasteiger charge is 2.05. The Labute approximate surface area is 137 Å². The van der Waals surface area contributed by atoms with Crippen LogP contribution in [-0.4, -0.2) is 31.3 Å². The Bertz CT molecular complexity index is 649. The highest BCUT2D eigenvalue weighted by molar-refractivity contribution is 5.88. The zero-order valence-electron chi connectivity index (χ0n) is 13.0. The highest BCUT2D eigenvalue weighted by atomic mass is 19.3. The number of ether oxygens (including phenoxy) is 2. The fraction of sp³-hybridized carbons (Fsp3) is 0.250. The summed E-state index contributed by atoms with van der Waals surface area (Å²) in [4.78, 5) is 15.7. The number of pyridine rings is 1. The number of aromatic nitrogens is 1. The van der Waals surface area contributed by atoms with Gasteiger partial charge in [-0.3, -0.25) is 0 Å². The van der Waals surface area contributed by atoms with Crippen LogP contribution in [0.25, 0.3) is 0 Å². The van der Waals surface area contributed by atoms with E-state index >= 15 is 0 Å². The van der Waals surface area contributed by atoms with Crippen molar-refractivity contribution >= 4 is 11.7 Å². The van der Waals surface area contributed by atoms with E-state index in [1.807, 2.05) is 0 Å². The van der Waals surface area contributed by atoms with E-state index in [0.29, 0.717) is 24.5 Å². The van der Waals surface area contributed by atoms with Crippen molar-refractivity contribution in [1.82, 2.24) is 10.3 Å². The first-order valence-corrected chi connectivity index (χ1v) is 7.15. The van der Waals surface area contributed by atoms with Crippen LogP contribution in [0.2, 0.25) is 0 Å². The lowest BCUT2D eigenvalue weighted by atomic mass is 10.1. The van der Waals surface area contributed by atoms with E-state index in [2.05, 4.69) is 20.4 Å². The second-order valence-electron chi connectivity index (χ2n) is 4.74. The number of carbonyl (C=O) groups is 1. The summed E-state index contributed by atoms with van der Waals surface area (Å²) in [7, 11) is 1.51. The number of amides is 2. The molecule has 2 rings (SSSR count). The molecule has 1 aromatic carbocycles. The van der Waals surface area contributed by atoms with Crippen LogP contribution in [0.1, 0.15) is 5.56 Å². The van der Waals surface area contributed by atoms with Crippen LogP contribution in [0.5, 0.6) is 11.6 Å². The molecule has 128 valence electrons. The maximum atomic E-state index is 12.0. The van der Waals surface area contributed by atoms with E-state index in [1.54, 1.807) is 24.3 Å². The zero-order valence-corrected chi connectivity index (χ0v) is 13.0. The van der Waals surface area contributed by atoms with Crippen LogP contribution in [0.15, 0.2) is 42.6 Å². The van der Waals surface area contributed by atoms with Gasteiger partial charge in [0.05, 0.1) is 19.0 Å². The Morgan fingerprint density at radius 2 is 1.96 bits per heavy atom. The van der Waals surface area contributed by atoms with Crippen LogP contribution in [0.4, 0.5) is 19.3 Å². The number of anilines is 1. The van der Waals surface area contributed by atoms with E-state index in [-0.39, 0.29) is 11.8 Å². The normalized spacial score (nSPS) is 10.3. The minimum atomic E-state index is -2.84. The number of carbonyl (C=O) groups excluding carboxylic acids is 1. The van der Waals surface area contributed by atoms with Crippen LogP contribution < -0.4 is 20.1 Å². The van der Waals surface area contributed by atoms with Gasteiger partial charge in [-0.15, -0.1) is 0 Å². The second kappa shape index (κ2) is 8.66. The standard InChI is InChI=1S/C16H17F2N3O3/c1-23-14-7-4-12(10-20-14)21-16(22)19-9-8-11-2-5-13(6-3-11)24-15(17)18/h2-7,10,15H,8-9H2,1H3,(H2,19,21,22). The summed E-state index contributed by atoms with van der Waals surface area (Å²) in [5.41, 5.74) is 1.44. The summed E-state index contributed by atoms with van der Waals surface area (Å²) in [5, 5.41) is 5.33. The molecule has 0 aliphatic heterocycles. The Kier molecular flexibility index (Phi) is 6.30. The summed E-state index contributed by atoms with van der Waals surface area (Å²) >= 11 is 0. The molecule has 0 saturated carbocycles. The van der Waals surface area contributed by atoms with E-state index in [9.17, 15) is 13.6 Å². The molecule has 0 atom stereocenters. The topological polar surface area (TPSA) is 72.5 Å².